The van der Waals surface area contributed by atoms with Crippen molar-refractivity contribution >= 4 is 23.2 Å². The number of nitrogens with zero attached hydrogens (tertiary/aromatic N) is 2. The Hall–Kier alpha value is -2.21. The summed E-state index contributed by atoms with van der Waals surface area (Å²) < 4.78 is 5.60. The molecule has 0 saturated carbocycles. The highest BCUT2D eigenvalue weighted by Crippen LogP contribution is 2.21. The summed E-state index contributed by atoms with van der Waals surface area (Å²) in [5.74, 6) is -0.313. The Kier molecular flexibility index (Phi) is 4.94. The third kappa shape index (κ3) is 3.64. The topological polar surface area (TPSA) is 71.0 Å². The lowest BCUT2D eigenvalue weighted by atomic mass is 10.1. The second-order valence-corrected chi connectivity index (χ2v) is 6.40. The average Bonchev–Trinajstić information content (AvgIpc) is 3.09. The van der Waals surface area contributed by atoms with Crippen LogP contribution in [0.3, 0.4) is 0 Å². The Morgan fingerprint density at radius 2 is 2.25 bits per heavy atom. The number of carbonyl (C=O) groups is 2. The number of nitrogens with one attached hydrogen (secondary N) is 1. The number of aryl methyl sites for hydroxylation is 1. The molecule has 24 heavy (non-hydrogen) atoms. The Bertz CT molecular complexity index is 665. The molecule has 2 aliphatic rings. The summed E-state index contributed by atoms with van der Waals surface area (Å²) in [6.07, 6.45) is 2.70. The number of amides is 2. The van der Waals surface area contributed by atoms with Gasteiger partial charge in [0.25, 0.3) is 5.91 Å². The molecular weight excluding hydrogens is 306 g/mol. The summed E-state index contributed by atoms with van der Waals surface area (Å²) in [5, 5.41) is 8.59. The highest BCUT2D eigenvalue weighted by Gasteiger charge is 2.29. The van der Waals surface area contributed by atoms with Crippen LogP contribution in [0.1, 0.15) is 38.2 Å². The quantitative estimate of drug-likeness (QED) is 0.920. The van der Waals surface area contributed by atoms with Gasteiger partial charge in [-0.1, -0.05) is 12.1 Å². The van der Waals surface area contributed by atoms with Crippen LogP contribution < -0.4 is 10.3 Å². The van der Waals surface area contributed by atoms with Crippen LogP contribution in [0.15, 0.2) is 29.4 Å². The minimum Gasteiger partial charge on any atom is -0.376 e. The lowest BCUT2D eigenvalue weighted by molar-refractivity contribution is -0.119. The fourth-order valence-electron chi connectivity index (χ4n) is 3.06. The Morgan fingerprint density at radius 3 is 2.96 bits per heavy atom. The smallest absolute Gasteiger partial charge is 0.267 e. The minimum atomic E-state index is -0.219. The van der Waals surface area contributed by atoms with E-state index in [9.17, 15) is 9.59 Å². The van der Waals surface area contributed by atoms with E-state index in [1.54, 1.807) is 0 Å². The van der Waals surface area contributed by atoms with Crippen LogP contribution in [0.4, 0.5) is 5.69 Å². The molecule has 1 saturated heterocycles. The maximum absolute atomic E-state index is 12.5. The van der Waals surface area contributed by atoms with Crippen molar-refractivity contribution in [3.63, 3.8) is 0 Å². The number of benzene rings is 1. The number of hydrogen-bond acceptors (Lipinski definition) is 4. The summed E-state index contributed by atoms with van der Waals surface area (Å²) in [4.78, 5) is 24.7. The highest BCUT2D eigenvalue weighted by atomic mass is 16.5. The van der Waals surface area contributed by atoms with Gasteiger partial charge in [-0.3, -0.25) is 9.59 Å². The van der Waals surface area contributed by atoms with Crippen molar-refractivity contribution in [1.82, 2.24) is 5.32 Å². The third-order valence-corrected chi connectivity index (χ3v) is 4.42. The second kappa shape index (κ2) is 7.13. The Morgan fingerprint density at radius 1 is 1.42 bits per heavy atom. The first kappa shape index (κ1) is 16.6. The maximum atomic E-state index is 12.5. The van der Waals surface area contributed by atoms with Gasteiger partial charge in [-0.15, -0.1) is 0 Å². The molecule has 0 spiro atoms. The van der Waals surface area contributed by atoms with Gasteiger partial charge in [0.1, 0.15) is 5.71 Å². The van der Waals surface area contributed by atoms with Crippen LogP contribution in [0.5, 0.6) is 0 Å². The molecule has 1 aromatic rings. The van der Waals surface area contributed by atoms with Crippen LogP contribution in [-0.4, -0.2) is 36.3 Å². The standard InChI is InChI=1S/C18H23N3O3/c1-12-5-3-6-14(11-12)21-17(22)9-8-15(20-21)18(23)19-13(2)16-7-4-10-24-16/h3,5-6,11,13,16H,4,7-10H2,1-2H3,(H,19,23)/t13-,16+/m1/s1. The first-order valence-corrected chi connectivity index (χ1v) is 8.44. The lowest BCUT2D eigenvalue weighted by Crippen LogP contribution is -2.46. The molecular formula is C18H23N3O3. The number of ether oxygens (including phenoxy) is 1. The van der Waals surface area contributed by atoms with Crippen LogP contribution >= 0.6 is 0 Å². The molecule has 3 rings (SSSR count). The normalized spacial score (nSPS) is 22.2. The summed E-state index contributed by atoms with van der Waals surface area (Å²) in [6.45, 7) is 4.65. The summed E-state index contributed by atoms with van der Waals surface area (Å²) >= 11 is 0. The van der Waals surface area contributed by atoms with Gasteiger partial charge in [-0.2, -0.15) is 5.10 Å². The molecule has 1 aromatic carbocycles. The average molecular weight is 329 g/mol. The van der Waals surface area contributed by atoms with Crippen molar-refractivity contribution < 1.29 is 14.3 Å². The monoisotopic (exact) mass is 329 g/mol. The predicted molar refractivity (Wildman–Crippen MR) is 91.9 cm³/mol. The molecule has 2 aliphatic heterocycles. The SMILES string of the molecule is Cc1cccc(N2N=C(C(=O)N[C@H](C)[C@@H]3CCCO3)CCC2=O)c1. The predicted octanol–water partition coefficient (Wildman–Crippen LogP) is 2.16. The van der Waals surface area contributed by atoms with Gasteiger partial charge in [-0.05, 0) is 44.4 Å². The van der Waals surface area contributed by atoms with E-state index in [1.165, 1.54) is 5.01 Å². The molecule has 2 heterocycles. The molecule has 2 amide bonds. The van der Waals surface area contributed by atoms with Gasteiger partial charge in [-0.25, -0.2) is 5.01 Å². The van der Waals surface area contributed by atoms with Crippen molar-refractivity contribution in [3.05, 3.63) is 29.8 Å². The highest BCUT2D eigenvalue weighted by molar-refractivity contribution is 6.40. The molecule has 6 heteroatoms. The van der Waals surface area contributed by atoms with E-state index in [4.69, 9.17) is 4.74 Å². The van der Waals surface area contributed by atoms with E-state index in [1.807, 2.05) is 38.1 Å². The minimum absolute atomic E-state index is 0.0623. The van der Waals surface area contributed by atoms with Crippen molar-refractivity contribution in [2.75, 3.05) is 11.6 Å². The van der Waals surface area contributed by atoms with E-state index in [0.717, 1.165) is 25.0 Å². The summed E-state index contributed by atoms with van der Waals surface area (Å²) in [7, 11) is 0. The van der Waals surface area contributed by atoms with Crippen LogP contribution in [-0.2, 0) is 14.3 Å². The maximum Gasteiger partial charge on any atom is 0.267 e. The second-order valence-electron chi connectivity index (χ2n) is 6.40. The van der Waals surface area contributed by atoms with Gasteiger partial charge in [0.2, 0.25) is 5.91 Å². The molecule has 1 N–H and O–H groups in total. The fraction of sp³-hybridized carbons (Fsp3) is 0.500. The van der Waals surface area contributed by atoms with E-state index in [0.29, 0.717) is 17.8 Å². The van der Waals surface area contributed by atoms with Gasteiger partial charge in [0.05, 0.1) is 17.8 Å². The number of anilines is 1. The Balaban J connectivity index is 1.73. The third-order valence-electron chi connectivity index (χ3n) is 4.42. The number of carbonyl (C=O) groups excluding carboxylic acids is 2. The van der Waals surface area contributed by atoms with E-state index >= 15 is 0 Å². The molecule has 0 radical (unpaired) electrons. The van der Waals surface area contributed by atoms with Crippen molar-refractivity contribution in [1.29, 1.82) is 0 Å². The molecule has 2 atom stereocenters. The molecule has 128 valence electrons. The Labute approximate surface area is 141 Å². The zero-order chi connectivity index (χ0) is 17.1. The van der Waals surface area contributed by atoms with E-state index in [2.05, 4.69) is 10.4 Å². The van der Waals surface area contributed by atoms with Crippen LogP contribution in [0.2, 0.25) is 0 Å². The fourth-order valence-corrected chi connectivity index (χ4v) is 3.06. The van der Waals surface area contributed by atoms with Gasteiger partial charge in [0, 0.05) is 19.4 Å². The zero-order valence-corrected chi connectivity index (χ0v) is 14.1. The molecule has 0 bridgehead atoms. The van der Waals surface area contributed by atoms with Crippen molar-refractivity contribution in [3.8, 4) is 0 Å². The lowest BCUT2D eigenvalue weighted by Gasteiger charge is -2.25. The first-order valence-electron chi connectivity index (χ1n) is 8.44. The number of rotatable bonds is 4. The van der Waals surface area contributed by atoms with E-state index in [-0.39, 0.29) is 30.4 Å². The first-order chi connectivity index (χ1) is 11.5. The largest absolute Gasteiger partial charge is 0.376 e. The molecule has 0 unspecified atom stereocenters. The van der Waals surface area contributed by atoms with E-state index < -0.39 is 0 Å². The van der Waals surface area contributed by atoms with Crippen LogP contribution in [0.25, 0.3) is 0 Å². The molecule has 6 nitrogen and oxygen atoms in total. The van der Waals surface area contributed by atoms with Gasteiger partial charge < -0.3 is 10.1 Å². The van der Waals surface area contributed by atoms with Crippen molar-refractivity contribution in [2.24, 2.45) is 5.10 Å². The van der Waals surface area contributed by atoms with Gasteiger partial charge >= 0.3 is 0 Å². The molecule has 0 aromatic heterocycles. The van der Waals surface area contributed by atoms with Crippen molar-refractivity contribution in [2.45, 2.75) is 51.7 Å². The van der Waals surface area contributed by atoms with Crippen LogP contribution in [0, 0.1) is 6.92 Å². The molecule has 1 fully saturated rings. The number of hydrazone groups is 1. The summed E-state index contributed by atoms with van der Waals surface area (Å²) in [5.41, 5.74) is 2.12. The van der Waals surface area contributed by atoms with Gasteiger partial charge in [0.15, 0.2) is 0 Å². The molecule has 0 aliphatic carbocycles. The number of hydrogen-bond donors (Lipinski definition) is 1. The summed E-state index contributed by atoms with van der Waals surface area (Å²) in [6, 6.07) is 7.48. The zero-order valence-electron chi connectivity index (χ0n) is 14.1.